The molecule has 0 amide bonds. The smallest absolute Gasteiger partial charge is 0.163 e. The molecule has 1 N–H and O–H groups in total. The number of thiophene rings is 1. The second-order valence-corrected chi connectivity index (χ2v) is 5.76. The molecule has 0 fully saturated rings. The van der Waals surface area contributed by atoms with E-state index in [1.807, 2.05) is 17.5 Å². The first-order valence-corrected chi connectivity index (χ1v) is 7.53. The fraction of sp³-hybridized carbons (Fsp3) is 0.0667. The molecule has 0 unspecified atom stereocenters. The molecule has 2 aromatic heterocycles. The maximum Gasteiger partial charge on any atom is 0.163 e. The molecule has 0 aliphatic heterocycles. The van der Waals surface area contributed by atoms with E-state index in [9.17, 15) is 4.39 Å². The molecule has 0 aliphatic carbocycles. The predicted octanol–water partition coefficient (Wildman–Crippen LogP) is 4.61. The molecule has 0 spiro atoms. The normalized spacial score (nSPS) is 10.6. The number of nitrogens with one attached hydrogen (secondary N) is 1. The van der Waals surface area contributed by atoms with E-state index in [0.29, 0.717) is 23.3 Å². The van der Waals surface area contributed by atoms with Gasteiger partial charge in [-0.2, -0.15) is 0 Å². The van der Waals surface area contributed by atoms with Gasteiger partial charge >= 0.3 is 0 Å². The maximum atomic E-state index is 13.0. The van der Waals surface area contributed by atoms with Gasteiger partial charge in [0.05, 0.1) is 6.54 Å². The van der Waals surface area contributed by atoms with Gasteiger partial charge in [0.25, 0.3) is 0 Å². The van der Waals surface area contributed by atoms with Crippen LogP contribution in [-0.4, -0.2) is 9.97 Å². The van der Waals surface area contributed by atoms with Crippen molar-refractivity contribution >= 4 is 28.8 Å². The average Bonchev–Trinajstić information content (AvgIpc) is 2.99. The maximum absolute atomic E-state index is 13.0. The van der Waals surface area contributed by atoms with Crippen molar-refractivity contribution in [1.29, 1.82) is 0 Å². The lowest BCUT2D eigenvalue weighted by Crippen LogP contribution is -2.02. The number of rotatable bonds is 4. The van der Waals surface area contributed by atoms with E-state index in [2.05, 4.69) is 15.3 Å². The number of anilines is 1. The molecule has 0 aliphatic rings. The molecular formula is C15H11ClFN3S. The molecule has 106 valence electrons. The number of hydrogen-bond acceptors (Lipinski definition) is 4. The molecule has 3 rings (SSSR count). The van der Waals surface area contributed by atoms with Crippen LogP contribution in [0.5, 0.6) is 0 Å². The highest BCUT2D eigenvalue weighted by molar-refractivity contribution is 7.09. The molecule has 0 atom stereocenters. The van der Waals surface area contributed by atoms with Crippen LogP contribution in [0.15, 0.2) is 47.8 Å². The minimum Gasteiger partial charge on any atom is -0.365 e. The number of hydrogen-bond donors (Lipinski definition) is 1. The Bertz CT molecular complexity index is 729. The van der Waals surface area contributed by atoms with Gasteiger partial charge in [-0.25, -0.2) is 14.4 Å². The van der Waals surface area contributed by atoms with Crippen molar-refractivity contribution in [3.63, 3.8) is 0 Å². The van der Waals surface area contributed by atoms with Crippen molar-refractivity contribution in [2.24, 2.45) is 0 Å². The summed E-state index contributed by atoms with van der Waals surface area (Å²) in [6.45, 7) is 0.674. The van der Waals surface area contributed by atoms with Crippen molar-refractivity contribution in [3.05, 3.63) is 63.7 Å². The van der Waals surface area contributed by atoms with Crippen LogP contribution in [0, 0.1) is 5.82 Å². The third-order valence-corrected chi connectivity index (χ3v) is 3.89. The van der Waals surface area contributed by atoms with Crippen molar-refractivity contribution in [2.45, 2.75) is 6.54 Å². The first kappa shape index (κ1) is 14.0. The van der Waals surface area contributed by atoms with E-state index < -0.39 is 0 Å². The molecule has 0 radical (unpaired) electrons. The Kier molecular flexibility index (Phi) is 4.13. The minimum absolute atomic E-state index is 0.295. The van der Waals surface area contributed by atoms with Crippen LogP contribution >= 0.6 is 22.9 Å². The number of halogens is 2. The van der Waals surface area contributed by atoms with Gasteiger partial charge in [0, 0.05) is 16.5 Å². The van der Waals surface area contributed by atoms with Crippen molar-refractivity contribution < 1.29 is 4.39 Å². The van der Waals surface area contributed by atoms with Gasteiger partial charge in [0.1, 0.15) is 16.8 Å². The number of aromatic nitrogens is 2. The highest BCUT2D eigenvalue weighted by atomic mass is 35.5. The van der Waals surface area contributed by atoms with Crippen molar-refractivity contribution in [1.82, 2.24) is 9.97 Å². The zero-order valence-corrected chi connectivity index (χ0v) is 12.5. The Balaban J connectivity index is 1.83. The molecule has 0 bridgehead atoms. The van der Waals surface area contributed by atoms with Gasteiger partial charge in [-0.1, -0.05) is 17.7 Å². The zero-order chi connectivity index (χ0) is 14.7. The van der Waals surface area contributed by atoms with Crippen LogP contribution in [0.1, 0.15) is 4.88 Å². The Hall–Kier alpha value is -1.98. The van der Waals surface area contributed by atoms with Gasteiger partial charge in [-0.15, -0.1) is 11.3 Å². The van der Waals surface area contributed by atoms with E-state index in [-0.39, 0.29) is 5.82 Å². The summed E-state index contributed by atoms with van der Waals surface area (Å²) in [5, 5.41) is 5.58. The molecule has 1 aromatic carbocycles. The fourth-order valence-corrected chi connectivity index (χ4v) is 2.66. The Morgan fingerprint density at radius 1 is 1.14 bits per heavy atom. The second kappa shape index (κ2) is 6.20. The first-order chi connectivity index (χ1) is 10.2. The molecule has 3 aromatic rings. The Morgan fingerprint density at radius 2 is 1.95 bits per heavy atom. The molecule has 0 saturated heterocycles. The van der Waals surface area contributed by atoms with Crippen LogP contribution in [-0.2, 0) is 6.54 Å². The fourth-order valence-electron chi connectivity index (χ4n) is 1.83. The monoisotopic (exact) mass is 319 g/mol. The lowest BCUT2D eigenvalue weighted by atomic mass is 10.2. The third kappa shape index (κ3) is 3.56. The summed E-state index contributed by atoms with van der Waals surface area (Å²) in [6.07, 6.45) is 0. The third-order valence-electron chi connectivity index (χ3n) is 2.82. The summed E-state index contributed by atoms with van der Waals surface area (Å²) in [4.78, 5) is 9.78. The van der Waals surface area contributed by atoms with Crippen LogP contribution in [0.25, 0.3) is 11.4 Å². The molecule has 21 heavy (non-hydrogen) atoms. The molecule has 3 nitrogen and oxygen atoms in total. The van der Waals surface area contributed by atoms with Crippen LogP contribution in [0.3, 0.4) is 0 Å². The quantitative estimate of drug-likeness (QED) is 0.714. The van der Waals surface area contributed by atoms with Gasteiger partial charge < -0.3 is 5.32 Å². The van der Waals surface area contributed by atoms with E-state index in [1.54, 1.807) is 29.5 Å². The SMILES string of the molecule is Fc1ccc(-c2nc(Cl)cc(NCc3cccs3)n2)cc1. The van der Waals surface area contributed by atoms with Crippen LogP contribution < -0.4 is 5.32 Å². The zero-order valence-electron chi connectivity index (χ0n) is 10.9. The van der Waals surface area contributed by atoms with E-state index >= 15 is 0 Å². The topological polar surface area (TPSA) is 37.8 Å². The Labute approximate surface area is 130 Å². The summed E-state index contributed by atoms with van der Waals surface area (Å²) in [5.74, 6) is 0.815. The minimum atomic E-state index is -0.295. The van der Waals surface area contributed by atoms with E-state index in [0.717, 1.165) is 5.56 Å². The summed E-state index contributed by atoms with van der Waals surface area (Å²) < 4.78 is 13.0. The van der Waals surface area contributed by atoms with Crippen molar-refractivity contribution in [2.75, 3.05) is 5.32 Å². The van der Waals surface area contributed by atoms with Crippen LogP contribution in [0.2, 0.25) is 5.15 Å². The molecule has 2 heterocycles. The standard InChI is InChI=1S/C15H11ClFN3S/c16-13-8-14(18-9-12-2-1-7-21-12)20-15(19-13)10-3-5-11(17)6-4-10/h1-8H,9H2,(H,18,19,20). The van der Waals surface area contributed by atoms with E-state index in [4.69, 9.17) is 11.6 Å². The van der Waals surface area contributed by atoms with Crippen LogP contribution in [0.4, 0.5) is 10.2 Å². The molecule has 6 heteroatoms. The number of benzene rings is 1. The van der Waals surface area contributed by atoms with Crippen molar-refractivity contribution in [3.8, 4) is 11.4 Å². The summed E-state index contributed by atoms with van der Waals surface area (Å²) in [6, 6.07) is 11.7. The Morgan fingerprint density at radius 3 is 2.67 bits per heavy atom. The summed E-state index contributed by atoms with van der Waals surface area (Å²) in [7, 11) is 0. The van der Waals surface area contributed by atoms with Gasteiger partial charge in [0.2, 0.25) is 0 Å². The first-order valence-electron chi connectivity index (χ1n) is 6.27. The highest BCUT2D eigenvalue weighted by Gasteiger charge is 2.06. The summed E-state index contributed by atoms with van der Waals surface area (Å²) in [5.41, 5.74) is 0.720. The molecular weight excluding hydrogens is 309 g/mol. The highest BCUT2D eigenvalue weighted by Crippen LogP contribution is 2.21. The lowest BCUT2D eigenvalue weighted by Gasteiger charge is -2.07. The number of nitrogens with zero attached hydrogens (tertiary/aromatic N) is 2. The van der Waals surface area contributed by atoms with E-state index in [1.165, 1.54) is 17.0 Å². The predicted molar refractivity (Wildman–Crippen MR) is 84.1 cm³/mol. The second-order valence-electron chi connectivity index (χ2n) is 4.34. The largest absolute Gasteiger partial charge is 0.365 e. The lowest BCUT2D eigenvalue weighted by molar-refractivity contribution is 0.628. The van der Waals surface area contributed by atoms with Gasteiger partial charge in [0.15, 0.2) is 5.82 Å². The average molecular weight is 320 g/mol. The van der Waals surface area contributed by atoms with Gasteiger partial charge in [-0.3, -0.25) is 0 Å². The van der Waals surface area contributed by atoms with Gasteiger partial charge in [-0.05, 0) is 35.7 Å². The summed E-state index contributed by atoms with van der Waals surface area (Å²) >= 11 is 7.70. The molecule has 0 saturated carbocycles.